The van der Waals surface area contributed by atoms with Gasteiger partial charge in [0.25, 0.3) is 5.69 Å². The maximum Gasteiger partial charge on any atom is 0.346 e. The summed E-state index contributed by atoms with van der Waals surface area (Å²) in [6.07, 6.45) is 5.00. The van der Waals surface area contributed by atoms with Crippen molar-refractivity contribution in [2.24, 2.45) is 0 Å². The Morgan fingerprint density at radius 3 is 2.40 bits per heavy atom. The number of hydrogen-bond acceptors (Lipinski definition) is 5. The van der Waals surface area contributed by atoms with Crippen molar-refractivity contribution in [1.82, 2.24) is 0 Å². The van der Waals surface area contributed by atoms with Crippen LogP contribution in [0.15, 0.2) is 30.3 Å². The quantitative estimate of drug-likeness (QED) is 0.301. The maximum absolute atomic E-state index is 12.0. The highest BCUT2D eigenvalue weighted by molar-refractivity contribution is 6.40. The summed E-state index contributed by atoms with van der Waals surface area (Å²) in [7, 11) is 0. The highest BCUT2D eigenvalue weighted by Crippen LogP contribution is 2.39. The zero-order chi connectivity index (χ0) is 18.6. The van der Waals surface area contributed by atoms with Gasteiger partial charge in [-0.05, 0) is 18.2 Å². The average molecular weight is 401 g/mol. The predicted octanol–water partition coefficient (Wildman–Crippen LogP) is 5.14. The van der Waals surface area contributed by atoms with E-state index in [-0.39, 0.29) is 33.7 Å². The van der Waals surface area contributed by atoms with Crippen LogP contribution < -0.4 is 4.74 Å². The summed E-state index contributed by atoms with van der Waals surface area (Å²) < 4.78 is 10.3. The number of rotatable bonds is 5. The highest BCUT2D eigenvalue weighted by Gasteiger charge is 2.23. The van der Waals surface area contributed by atoms with Crippen molar-refractivity contribution in [3.05, 3.63) is 61.1 Å². The van der Waals surface area contributed by atoms with Crippen molar-refractivity contribution in [1.29, 1.82) is 0 Å². The van der Waals surface area contributed by atoms with Crippen molar-refractivity contribution in [2.75, 3.05) is 6.61 Å². The molecule has 0 aliphatic heterocycles. The molecule has 0 N–H and O–H groups in total. The van der Waals surface area contributed by atoms with E-state index in [1.165, 1.54) is 18.2 Å². The number of ether oxygens (including phenoxy) is 2. The fraction of sp³-hybridized carbons (Fsp3) is 0.0625. The van der Waals surface area contributed by atoms with Crippen molar-refractivity contribution < 1.29 is 19.2 Å². The van der Waals surface area contributed by atoms with Gasteiger partial charge in [-0.25, -0.2) is 4.79 Å². The summed E-state index contributed by atoms with van der Waals surface area (Å²) >= 11 is 17.9. The molecular weight excluding hydrogens is 393 g/mol. The number of benzene rings is 2. The Morgan fingerprint density at radius 2 is 1.84 bits per heavy atom. The molecule has 2 aromatic rings. The fourth-order valence-corrected chi connectivity index (χ4v) is 2.72. The number of nitro groups is 1. The second kappa shape index (κ2) is 8.08. The minimum atomic E-state index is -0.955. The Hall–Kier alpha value is -2.46. The van der Waals surface area contributed by atoms with E-state index in [1.54, 1.807) is 0 Å². The van der Waals surface area contributed by atoms with Crippen LogP contribution >= 0.6 is 34.8 Å². The van der Waals surface area contributed by atoms with Gasteiger partial charge in [-0.2, -0.15) is 0 Å². The first-order valence-electron chi connectivity index (χ1n) is 6.55. The molecule has 0 unspecified atom stereocenters. The summed E-state index contributed by atoms with van der Waals surface area (Å²) in [6, 6.07) is 6.35. The first kappa shape index (κ1) is 18.9. The lowest BCUT2D eigenvalue weighted by atomic mass is 10.1. The van der Waals surface area contributed by atoms with Crippen molar-refractivity contribution in [3.8, 4) is 23.8 Å². The largest absolute Gasteiger partial charge is 0.454 e. The van der Waals surface area contributed by atoms with Crippen LogP contribution in [-0.2, 0) is 4.74 Å². The van der Waals surface area contributed by atoms with Gasteiger partial charge in [-0.1, -0.05) is 40.7 Å². The van der Waals surface area contributed by atoms with Crippen LogP contribution in [0.3, 0.4) is 0 Å². The molecule has 0 heterocycles. The summed E-state index contributed by atoms with van der Waals surface area (Å²) in [5.41, 5.74) is -0.776. The number of carbonyl (C=O) groups is 1. The number of nitrogens with zero attached hydrogens (tertiary/aromatic N) is 1. The third kappa shape index (κ3) is 4.54. The second-order valence-corrected chi connectivity index (χ2v) is 5.77. The first-order valence-corrected chi connectivity index (χ1v) is 7.68. The molecule has 0 atom stereocenters. The van der Waals surface area contributed by atoms with Crippen LogP contribution in [0, 0.1) is 22.5 Å². The molecule has 128 valence electrons. The summed E-state index contributed by atoms with van der Waals surface area (Å²) in [6.45, 7) is -0.323. The van der Waals surface area contributed by atoms with Gasteiger partial charge in [-0.3, -0.25) is 10.1 Å². The van der Waals surface area contributed by atoms with Crippen LogP contribution in [0.1, 0.15) is 10.4 Å². The normalized spacial score (nSPS) is 10.0. The van der Waals surface area contributed by atoms with Gasteiger partial charge in [0.05, 0.1) is 15.0 Å². The van der Waals surface area contributed by atoms with Crippen LogP contribution in [-0.4, -0.2) is 17.5 Å². The molecule has 2 aromatic carbocycles. The van der Waals surface area contributed by atoms with Gasteiger partial charge in [-0.15, -0.1) is 6.42 Å². The molecule has 0 spiro atoms. The zero-order valence-electron chi connectivity index (χ0n) is 12.3. The molecule has 0 aromatic heterocycles. The standard InChI is InChI=1S/C16H8Cl3NO5/c1-2-5-24-16(21)11-8-10(3-4-14(11)20(22)23)25-15-12(18)6-9(17)7-13(15)19/h1,3-4,6-8H,5H2. The van der Waals surface area contributed by atoms with Gasteiger partial charge in [0.2, 0.25) is 0 Å². The molecule has 0 bridgehead atoms. The third-order valence-corrected chi connectivity index (χ3v) is 3.63. The number of hydrogen-bond donors (Lipinski definition) is 0. The minimum Gasteiger partial charge on any atom is -0.454 e. The lowest BCUT2D eigenvalue weighted by molar-refractivity contribution is -0.385. The van der Waals surface area contributed by atoms with E-state index in [2.05, 4.69) is 5.92 Å². The van der Waals surface area contributed by atoms with Crippen molar-refractivity contribution in [3.63, 3.8) is 0 Å². The first-order chi connectivity index (χ1) is 11.8. The minimum absolute atomic E-state index is 0.0874. The van der Waals surface area contributed by atoms with E-state index < -0.39 is 16.6 Å². The number of halogens is 3. The molecule has 25 heavy (non-hydrogen) atoms. The van der Waals surface area contributed by atoms with E-state index in [0.717, 1.165) is 12.1 Å². The van der Waals surface area contributed by atoms with Gasteiger partial charge in [0.15, 0.2) is 12.4 Å². The zero-order valence-corrected chi connectivity index (χ0v) is 14.6. The van der Waals surface area contributed by atoms with E-state index in [0.29, 0.717) is 5.02 Å². The molecule has 0 amide bonds. The van der Waals surface area contributed by atoms with E-state index in [4.69, 9.17) is 50.7 Å². The average Bonchev–Trinajstić information content (AvgIpc) is 2.55. The number of esters is 1. The van der Waals surface area contributed by atoms with Gasteiger partial charge in [0, 0.05) is 17.2 Å². The summed E-state index contributed by atoms with van der Waals surface area (Å²) in [5, 5.41) is 11.6. The Kier molecular flexibility index (Phi) is 6.10. The third-order valence-electron chi connectivity index (χ3n) is 2.85. The van der Waals surface area contributed by atoms with Gasteiger partial charge in [0.1, 0.15) is 11.3 Å². The van der Waals surface area contributed by atoms with Gasteiger partial charge < -0.3 is 9.47 Å². The van der Waals surface area contributed by atoms with Gasteiger partial charge >= 0.3 is 5.97 Å². The molecular formula is C16H8Cl3NO5. The van der Waals surface area contributed by atoms with E-state index in [1.807, 2.05) is 0 Å². The highest BCUT2D eigenvalue weighted by atomic mass is 35.5. The lowest BCUT2D eigenvalue weighted by Gasteiger charge is -2.11. The maximum atomic E-state index is 12.0. The lowest BCUT2D eigenvalue weighted by Crippen LogP contribution is -2.08. The Morgan fingerprint density at radius 1 is 1.20 bits per heavy atom. The van der Waals surface area contributed by atoms with Crippen LogP contribution in [0.25, 0.3) is 0 Å². The van der Waals surface area contributed by atoms with Crippen molar-refractivity contribution in [2.45, 2.75) is 0 Å². The topological polar surface area (TPSA) is 78.7 Å². The summed E-state index contributed by atoms with van der Waals surface area (Å²) in [5.74, 6) is 1.32. The Labute approximate surface area is 157 Å². The van der Waals surface area contributed by atoms with Crippen LogP contribution in [0.2, 0.25) is 15.1 Å². The Balaban J connectivity index is 2.42. The molecule has 0 saturated heterocycles. The van der Waals surface area contributed by atoms with E-state index >= 15 is 0 Å². The SMILES string of the molecule is C#CCOC(=O)c1cc(Oc2c(Cl)cc(Cl)cc2Cl)ccc1[N+](=O)[O-]. The molecule has 0 fully saturated rings. The molecule has 6 nitrogen and oxygen atoms in total. The molecule has 2 rings (SSSR count). The molecule has 0 saturated carbocycles. The Bertz CT molecular complexity index is 869. The predicted molar refractivity (Wildman–Crippen MR) is 93.8 cm³/mol. The fourth-order valence-electron chi connectivity index (χ4n) is 1.83. The molecule has 0 aliphatic rings. The summed E-state index contributed by atoms with van der Waals surface area (Å²) in [4.78, 5) is 22.3. The second-order valence-electron chi connectivity index (χ2n) is 4.52. The van der Waals surface area contributed by atoms with Crippen LogP contribution in [0.5, 0.6) is 11.5 Å². The number of terminal acetylenes is 1. The number of nitro benzene ring substituents is 1. The molecule has 0 aliphatic carbocycles. The molecule has 0 radical (unpaired) electrons. The number of carbonyl (C=O) groups excluding carboxylic acids is 1. The molecule has 9 heteroatoms. The van der Waals surface area contributed by atoms with Crippen molar-refractivity contribution >= 4 is 46.5 Å². The monoisotopic (exact) mass is 399 g/mol. The van der Waals surface area contributed by atoms with Crippen LogP contribution in [0.4, 0.5) is 5.69 Å². The smallest absolute Gasteiger partial charge is 0.346 e. The van der Waals surface area contributed by atoms with E-state index in [9.17, 15) is 14.9 Å².